The predicted octanol–water partition coefficient (Wildman–Crippen LogP) is 2.06. The molecule has 1 aromatic carbocycles. The number of nitrogens with one attached hydrogen (secondary N) is 1. The molecule has 0 aliphatic rings. The summed E-state index contributed by atoms with van der Waals surface area (Å²) in [4.78, 5) is 11.6. The zero-order valence-corrected chi connectivity index (χ0v) is 14.2. The number of benzene rings is 1. The fourth-order valence-corrected chi connectivity index (χ4v) is 3.14. The van der Waals surface area contributed by atoms with Crippen molar-refractivity contribution in [1.29, 1.82) is 0 Å². The van der Waals surface area contributed by atoms with Gasteiger partial charge in [0, 0.05) is 13.7 Å². The molecule has 118 valence electrons. The van der Waals surface area contributed by atoms with E-state index < -0.39 is 20.8 Å². The highest BCUT2D eigenvalue weighted by molar-refractivity contribution is 7.89. The maximum absolute atomic E-state index is 12.1. The number of rotatable bonds is 5. The maximum atomic E-state index is 12.1. The van der Waals surface area contributed by atoms with Gasteiger partial charge in [0.1, 0.15) is 4.90 Å². The predicted molar refractivity (Wildman–Crippen MR) is 81.6 cm³/mol. The van der Waals surface area contributed by atoms with Crippen LogP contribution in [0, 0.1) is 0 Å². The number of sulfonamides is 1. The first kappa shape index (κ1) is 18.5. The van der Waals surface area contributed by atoms with Crippen LogP contribution in [0.4, 0.5) is 0 Å². The van der Waals surface area contributed by atoms with Gasteiger partial charge in [0.25, 0.3) is 5.91 Å². The molecule has 1 unspecified atom stereocenters. The molecule has 0 aliphatic heterocycles. The van der Waals surface area contributed by atoms with E-state index in [4.69, 9.17) is 44.7 Å². The van der Waals surface area contributed by atoms with E-state index in [1.165, 1.54) is 7.11 Å². The van der Waals surface area contributed by atoms with Gasteiger partial charge in [0.05, 0.1) is 26.7 Å². The smallest absolute Gasteiger partial charge is 0.254 e. The third-order valence-electron chi connectivity index (χ3n) is 2.61. The van der Waals surface area contributed by atoms with Gasteiger partial charge >= 0.3 is 0 Å². The van der Waals surface area contributed by atoms with Crippen LogP contribution in [0.5, 0.6) is 0 Å². The third kappa shape index (κ3) is 4.45. The van der Waals surface area contributed by atoms with E-state index in [1.54, 1.807) is 6.92 Å². The molecule has 1 amide bonds. The monoisotopic (exact) mass is 374 g/mol. The lowest BCUT2D eigenvalue weighted by Crippen LogP contribution is -2.32. The van der Waals surface area contributed by atoms with Gasteiger partial charge in [-0.3, -0.25) is 4.79 Å². The molecule has 0 aliphatic carbocycles. The average molecular weight is 376 g/mol. The second kappa shape index (κ2) is 7.13. The van der Waals surface area contributed by atoms with Crippen LogP contribution in [-0.2, 0) is 14.8 Å². The van der Waals surface area contributed by atoms with E-state index >= 15 is 0 Å². The molecular weight excluding hydrogens is 363 g/mol. The number of carbonyl (C=O) groups is 1. The number of primary sulfonamides is 1. The first-order valence-corrected chi connectivity index (χ1v) is 8.28. The molecule has 1 aromatic rings. The lowest BCUT2D eigenvalue weighted by atomic mass is 10.2. The Hall–Kier alpha value is -0.570. The molecule has 21 heavy (non-hydrogen) atoms. The van der Waals surface area contributed by atoms with Crippen molar-refractivity contribution >= 4 is 50.7 Å². The van der Waals surface area contributed by atoms with Gasteiger partial charge < -0.3 is 10.1 Å². The van der Waals surface area contributed by atoms with Crippen LogP contribution >= 0.6 is 34.8 Å². The van der Waals surface area contributed by atoms with E-state index in [0.717, 1.165) is 6.07 Å². The Bertz CT molecular complexity index is 664. The van der Waals surface area contributed by atoms with Crippen LogP contribution in [0.3, 0.4) is 0 Å². The zero-order valence-electron chi connectivity index (χ0n) is 11.1. The van der Waals surface area contributed by atoms with Crippen LogP contribution in [0.2, 0.25) is 15.1 Å². The van der Waals surface area contributed by atoms with Crippen molar-refractivity contribution in [3.63, 3.8) is 0 Å². The number of ether oxygens (including phenoxy) is 1. The number of hydrogen-bond acceptors (Lipinski definition) is 4. The van der Waals surface area contributed by atoms with E-state index in [0.29, 0.717) is 0 Å². The van der Waals surface area contributed by atoms with Crippen LogP contribution in [0.25, 0.3) is 0 Å². The van der Waals surface area contributed by atoms with E-state index in [-0.39, 0.29) is 33.3 Å². The Balaban J connectivity index is 3.29. The largest absolute Gasteiger partial charge is 0.380 e. The lowest BCUT2D eigenvalue weighted by molar-refractivity contribution is 0.0870. The number of carbonyl (C=O) groups excluding carboxylic acids is 1. The zero-order chi connectivity index (χ0) is 16.4. The molecule has 1 rings (SSSR count). The number of nitrogens with two attached hydrogens (primary N) is 1. The fraction of sp³-hybridized carbons (Fsp3) is 0.364. The standard InChI is InChI=1S/C11H13Cl3N2O4S/c1-5(20-2)4-16-11(17)8-9(13)6(12)3-7(10(8)14)21(15,18)19/h3,5H,4H2,1-2H3,(H,16,17)(H2,15,18,19). The summed E-state index contributed by atoms with van der Waals surface area (Å²) < 4.78 is 27.9. The topological polar surface area (TPSA) is 98.5 Å². The molecule has 0 saturated carbocycles. The Labute approximate surface area is 137 Å². The van der Waals surface area contributed by atoms with Crippen molar-refractivity contribution in [2.45, 2.75) is 17.9 Å². The summed E-state index contributed by atoms with van der Waals surface area (Å²) in [5.41, 5.74) is -0.252. The molecule has 6 nitrogen and oxygen atoms in total. The van der Waals surface area contributed by atoms with Gasteiger partial charge in [-0.15, -0.1) is 0 Å². The summed E-state index contributed by atoms with van der Waals surface area (Å²) in [5.74, 6) is -0.679. The highest BCUT2D eigenvalue weighted by atomic mass is 35.5. The summed E-state index contributed by atoms with van der Waals surface area (Å²) in [6.07, 6.45) is -0.247. The van der Waals surface area contributed by atoms with Crippen molar-refractivity contribution in [1.82, 2.24) is 5.32 Å². The molecule has 0 radical (unpaired) electrons. The summed E-state index contributed by atoms with van der Waals surface area (Å²) in [6.45, 7) is 1.91. The van der Waals surface area contributed by atoms with Gasteiger partial charge in [-0.1, -0.05) is 34.8 Å². The second-order valence-corrected chi connectivity index (χ2v) is 6.85. The average Bonchev–Trinajstić information content (AvgIpc) is 2.38. The van der Waals surface area contributed by atoms with Gasteiger partial charge in [0.2, 0.25) is 10.0 Å². The minimum atomic E-state index is -4.14. The third-order valence-corrected chi connectivity index (χ3v) is 4.84. The van der Waals surface area contributed by atoms with Gasteiger partial charge in [-0.05, 0) is 13.0 Å². The fourth-order valence-electron chi connectivity index (χ4n) is 1.40. The molecule has 0 spiro atoms. The summed E-state index contributed by atoms with van der Waals surface area (Å²) in [5, 5.41) is 6.85. The number of halogens is 3. The molecule has 0 heterocycles. The van der Waals surface area contributed by atoms with Crippen molar-refractivity contribution in [2.75, 3.05) is 13.7 Å². The summed E-state index contributed by atoms with van der Waals surface area (Å²) >= 11 is 17.7. The summed E-state index contributed by atoms with van der Waals surface area (Å²) in [6, 6.07) is 0.996. The van der Waals surface area contributed by atoms with Crippen LogP contribution in [0.1, 0.15) is 17.3 Å². The maximum Gasteiger partial charge on any atom is 0.254 e. The van der Waals surface area contributed by atoms with Crippen molar-refractivity contribution in [2.24, 2.45) is 5.14 Å². The Morgan fingerprint density at radius 2 is 1.95 bits per heavy atom. The molecule has 0 aromatic heterocycles. The molecule has 3 N–H and O–H groups in total. The second-order valence-electron chi connectivity index (χ2n) is 4.16. The van der Waals surface area contributed by atoms with E-state index in [2.05, 4.69) is 5.32 Å². The highest BCUT2D eigenvalue weighted by Gasteiger charge is 2.25. The normalized spacial score (nSPS) is 13.0. The first-order valence-electron chi connectivity index (χ1n) is 5.60. The quantitative estimate of drug-likeness (QED) is 0.770. The van der Waals surface area contributed by atoms with Crippen LogP contribution in [-0.4, -0.2) is 34.1 Å². The van der Waals surface area contributed by atoms with Crippen LogP contribution in [0.15, 0.2) is 11.0 Å². The summed E-state index contributed by atoms with van der Waals surface area (Å²) in [7, 11) is -2.66. The first-order chi connectivity index (χ1) is 9.59. The lowest BCUT2D eigenvalue weighted by Gasteiger charge is -2.14. The molecule has 0 fully saturated rings. The van der Waals surface area contributed by atoms with Crippen LogP contribution < -0.4 is 10.5 Å². The molecular formula is C11H13Cl3N2O4S. The number of methoxy groups -OCH3 is 1. The van der Waals surface area contributed by atoms with Crippen molar-refractivity contribution in [3.8, 4) is 0 Å². The van der Waals surface area contributed by atoms with E-state index in [9.17, 15) is 13.2 Å². The minimum absolute atomic E-state index is 0.143. The van der Waals surface area contributed by atoms with Crippen molar-refractivity contribution < 1.29 is 17.9 Å². The Morgan fingerprint density at radius 1 is 1.38 bits per heavy atom. The SMILES string of the molecule is COC(C)CNC(=O)c1c(Cl)c(Cl)cc(S(N)(=O)=O)c1Cl. The molecule has 10 heteroatoms. The molecule has 0 bridgehead atoms. The Kier molecular flexibility index (Phi) is 6.27. The molecule has 1 atom stereocenters. The van der Waals surface area contributed by atoms with Gasteiger partial charge in [0.15, 0.2) is 0 Å². The Morgan fingerprint density at radius 3 is 2.43 bits per heavy atom. The van der Waals surface area contributed by atoms with Gasteiger partial charge in [-0.25, -0.2) is 13.6 Å². The van der Waals surface area contributed by atoms with Gasteiger partial charge in [-0.2, -0.15) is 0 Å². The molecule has 0 saturated heterocycles. The number of hydrogen-bond donors (Lipinski definition) is 2. The number of amides is 1. The highest BCUT2D eigenvalue weighted by Crippen LogP contribution is 2.36. The minimum Gasteiger partial charge on any atom is -0.380 e. The van der Waals surface area contributed by atoms with E-state index in [1.807, 2.05) is 0 Å². The van der Waals surface area contributed by atoms with Crippen molar-refractivity contribution in [3.05, 3.63) is 26.7 Å².